The lowest BCUT2D eigenvalue weighted by Gasteiger charge is -2.08. The summed E-state index contributed by atoms with van der Waals surface area (Å²) in [5.74, 6) is -0.417. The lowest BCUT2D eigenvalue weighted by Crippen LogP contribution is -2.13. The smallest absolute Gasteiger partial charge is 0.265 e. The van der Waals surface area contributed by atoms with Crippen LogP contribution in [0, 0.1) is 0 Å². The molecule has 0 aliphatic heterocycles. The molecule has 6 heteroatoms. The van der Waals surface area contributed by atoms with E-state index in [4.69, 9.17) is 11.6 Å². The van der Waals surface area contributed by atoms with Gasteiger partial charge in [-0.05, 0) is 53.9 Å². The first kappa shape index (κ1) is 16.2. The van der Waals surface area contributed by atoms with Crippen molar-refractivity contribution in [1.82, 2.24) is 0 Å². The average molecular weight is 357 g/mol. The van der Waals surface area contributed by atoms with E-state index in [0.29, 0.717) is 26.8 Å². The zero-order valence-electron chi connectivity index (χ0n) is 12.5. The molecule has 1 aromatic heterocycles. The van der Waals surface area contributed by atoms with Crippen molar-refractivity contribution in [3.05, 3.63) is 81.5 Å². The van der Waals surface area contributed by atoms with E-state index in [2.05, 4.69) is 10.6 Å². The number of hydrogen-bond donors (Lipinski definition) is 2. The molecule has 3 rings (SSSR count). The van der Waals surface area contributed by atoms with Crippen molar-refractivity contribution in [3.63, 3.8) is 0 Å². The molecule has 2 N–H and O–H groups in total. The Morgan fingerprint density at radius 1 is 0.833 bits per heavy atom. The van der Waals surface area contributed by atoms with Gasteiger partial charge in [-0.25, -0.2) is 0 Å². The Morgan fingerprint density at radius 3 is 2.12 bits per heavy atom. The van der Waals surface area contributed by atoms with Crippen molar-refractivity contribution in [2.45, 2.75) is 0 Å². The normalized spacial score (nSPS) is 10.2. The summed E-state index contributed by atoms with van der Waals surface area (Å²) in [4.78, 5) is 24.9. The number of halogens is 1. The molecule has 0 atom stereocenters. The number of benzene rings is 2. The van der Waals surface area contributed by atoms with E-state index in [1.54, 1.807) is 54.6 Å². The van der Waals surface area contributed by atoms with Gasteiger partial charge in [0.05, 0.1) is 4.88 Å². The van der Waals surface area contributed by atoms with E-state index >= 15 is 0 Å². The minimum absolute atomic E-state index is 0.175. The molecule has 0 saturated carbocycles. The van der Waals surface area contributed by atoms with Crippen molar-refractivity contribution in [3.8, 4) is 0 Å². The van der Waals surface area contributed by atoms with Crippen LogP contribution >= 0.6 is 22.9 Å². The summed E-state index contributed by atoms with van der Waals surface area (Å²) >= 11 is 7.19. The summed E-state index contributed by atoms with van der Waals surface area (Å²) in [6.45, 7) is 0. The third-order valence-electron chi connectivity index (χ3n) is 3.23. The topological polar surface area (TPSA) is 58.2 Å². The van der Waals surface area contributed by atoms with Gasteiger partial charge in [0, 0.05) is 22.0 Å². The van der Waals surface area contributed by atoms with Gasteiger partial charge in [-0.2, -0.15) is 0 Å². The van der Waals surface area contributed by atoms with E-state index in [1.807, 2.05) is 11.4 Å². The van der Waals surface area contributed by atoms with Crippen molar-refractivity contribution >= 4 is 46.1 Å². The maximum absolute atomic E-state index is 12.2. The van der Waals surface area contributed by atoms with Crippen LogP contribution in [0.5, 0.6) is 0 Å². The Balaban J connectivity index is 1.70. The van der Waals surface area contributed by atoms with Crippen molar-refractivity contribution in [1.29, 1.82) is 0 Å². The first-order chi connectivity index (χ1) is 11.6. The van der Waals surface area contributed by atoms with Crippen LogP contribution in [0.25, 0.3) is 0 Å². The van der Waals surface area contributed by atoms with Gasteiger partial charge in [-0.15, -0.1) is 11.3 Å². The number of hydrogen-bond acceptors (Lipinski definition) is 3. The van der Waals surface area contributed by atoms with Crippen LogP contribution in [0.3, 0.4) is 0 Å². The van der Waals surface area contributed by atoms with Crippen LogP contribution < -0.4 is 10.6 Å². The molecule has 0 bridgehead atoms. The number of carbonyl (C=O) groups excluding carboxylic acids is 2. The highest BCUT2D eigenvalue weighted by Crippen LogP contribution is 2.18. The van der Waals surface area contributed by atoms with E-state index in [1.165, 1.54) is 11.3 Å². The van der Waals surface area contributed by atoms with Gasteiger partial charge >= 0.3 is 0 Å². The molecule has 0 unspecified atom stereocenters. The molecule has 0 fully saturated rings. The minimum Gasteiger partial charge on any atom is -0.322 e. The largest absolute Gasteiger partial charge is 0.322 e. The number of rotatable bonds is 4. The van der Waals surface area contributed by atoms with Gasteiger partial charge < -0.3 is 10.6 Å². The molecule has 2 amide bonds. The summed E-state index contributed by atoms with van der Waals surface area (Å²) in [5, 5.41) is 8.02. The second-order valence-electron chi connectivity index (χ2n) is 4.97. The van der Waals surface area contributed by atoms with Crippen LogP contribution in [-0.4, -0.2) is 11.8 Å². The summed E-state index contributed by atoms with van der Waals surface area (Å²) in [5.41, 5.74) is 1.72. The third-order valence-corrected chi connectivity index (χ3v) is 4.35. The van der Waals surface area contributed by atoms with Crippen LogP contribution in [0.2, 0.25) is 5.02 Å². The molecule has 0 aliphatic carbocycles. The van der Waals surface area contributed by atoms with E-state index in [9.17, 15) is 9.59 Å². The molecule has 4 nitrogen and oxygen atoms in total. The lowest BCUT2D eigenvalue weighted by atomic mass is 10.2. The molecular weight excluding hydrogens is 344 g/mol. The first-order valence-corrected chi connectivity index (χ1v) is 8.39. The van der Waals surface area contributed by atoms with Crippen LogP contribution in [0.15, 0.2) is 66.0 Å². The summed E-state index contributed by atoms with van der Waals surface area (Å²) in [6.07, 6.45) is 0. The maximum atomic E-state index is 12.2. The molecule has 120 valence electrons. The molecule has 3 aromatic rings. The fourth-order valence-electron chi connectivity index (χ4n) is 2.08. The SMILES string of the molecule is O=C(Nc1cccc(NC(=O)c2cccs2)c1)c1ccc(Cl)cc1. The summed E-state index contributed by atoms with van der Waals surface area (Å²) in [6, 6.07) is 17.2. The highest BCUT2D eigenvalue weighted by Gasteiger charge is 2.09. The third kappa shape index (κ3) is 4.01. The zero-order valence-corrected chi connectivity index (χ0v) is 14.0. The van der Waals surface area contributed by atoms with Gasteiger partial charge in [0.1, 0.15) is 0 Å². The Labute approximate surface area is 148 Å². The van der Waals surface area contributed by atoms with Gasteiger partial charge in [-0.1, -0.05) is 23.7 Å². The second-order valence-corrected chi connectivity index (χ2v) is 6.36. The predicted octanol–water partition coefficient (Wildman–Crippen LogP) is 4.91. The Hall–Kier alpha value is -2.63. The minimum atomic E-state index is -0.242. The van der Waals surface area contributed by atoms with Crippen LogP contribution in [0.4, 0.5) is 11.4 Å². The van der Waals surface area contributed by atoms with Crippen LogP contribution in [0.1, 0.15) is 20.0 Å². The quantitative estimate of drug-likeness (QED) is 0.698. The highest BCUT2D eigenvalue weighted by atomic mass is 35.5. The van der Waals surface area contributed by atoms with E-state index in [-0.39, 0.29) is 11.8 Å². The molecule has 0 radical (unpaired) electrons. The van der Waals surface area contributed by atoms with Gasteiger partial charge in [-0.3, -0.25) is 9.59 Å². The fraction of sp³-hybridized carbons (Fsp3) is 0. The van der Waals surface area contributed by atoms with Gasteiger partial charge in [0.2, 0.25) is 0 Å². The number of carbonyl (C=O) groups is 2. The maximum Gasteiger partial charge on any atom is 0.265 e. The molecule has 0 saturated heterocycles. The molecular formula is C18H13ClN2O2S. The van der Waals surface area contributed by atoms with E-state index < -0.39 is 0 Å². The molecule has 0 spiro atoms. The fourth-order valence-corrected chi connectivity index (χ4v) is 2.82. The number of anilines is 2. The van der Waals surface area contributed by atoms with Crippen molar-refractivity contribution in [2.75, 3.05) is 10.6 Å². The highest BCUT2D eigenvalue weighted by molar-refractivity contribution is 7.12. The molecule has 2 aromatic carbocycles. The van der Waals surface area contributed by atoms with Crippen molar-refractivity contribution < 1.29 is 9.59 Å². The number of thiophene rings is 1. The Bertz CT molecular complexity index is 861. The number of nitrogens with one attached hydrogen (secondary N) is 2. The Morgan fingerprint density at radius 2 is 1.50 bits per heavy atom. The molecule has 24 heavy (non-hydrogen) atoms. The average Bonchev–Trinajstić information content (AvgIpc) is 3.10. The lowest BCUT2D eigenvalue weighted by molar-refractivity contribution is 0.102. The molecule has 1 heterocycles. The molecule has 0 aliphatic rings. The predicted molar refractivity (Wildman–Crippen MR) is 98.1 cm³/mol. The van der Waals surface area contributed by atoms with Gasteiger partial charge in [0.15, 0.2) is 0 Å². The van der Waals surface area contributed by atoms with Crippen molar-refractivity contribution in [2.24, 2.45) is 0 Å². The first-order valence-electron chi connectivity index (χ1n) is 7.14. The van der Waals surface area contributed by atoms with E-state index in [0.717, 1.165) is 0 Å². The van der Waals surface area contributed by atoms with Gasteiger partial charge in [0.25, 0.3) is 11.8 Å². The standard InChI is InChI=1S/C18H13ClN2O2S/c19-13-8-6-12(7-9-13)17(22)20-14-3-1-4-15(11-14)21-18(23)16-5-2-10-24-16/h1-11H,(H,20,22)(H,21,23). The Kier molecular flexibility index (Phi) is 4.93. The number of amides is 2. The zero-order chi connectivity index (χ0) is 16.9. The summed E-state index contributed by atoms with van der Waals surface area (Å²) in [7, 11) is 0. The summed E-state index contributed by atoms with van der Waals surface area (Å²) < 4.78 is 0. The van der Waals surface area contributed by atoms with Crippen LogP contribution in [-0.2, 0) is 0 Å². The second kappa shape index (κ2) is 7.29. The monoisotopic (exact) mass is 356 g/mol.